The summed E-state index contributed by atoms with van der Waals surface area (Å²) in [5, 5.41) is 0. The normalized spacial score (nSPS) is 104. The van der Waals surface area contributed by atoms with E-state index in [1.165, 1.54) is 0 Å². The van der Waals surface area contributed by atoms with Gasteiger partial charge in [0.15, 0.2) is 0 Å². The SMILES string of the molecule is FC12C3C4C5C6C3C3C1C1C7C2C4C2(F)C5C4C6C3(F)C1C4(F)C72. The van der Waals surface area contributed by atoms with Crippen LogP contribution in [0.3, 0.4) is 0 Å². The third-order valence-corrected chi connectivity index (χ3v) is 13.4. The lowest BCUT2D eigenvalue weighted by atomic mass is 9.74. The molecule has 12 aliphatic carbocycles. The Morgan fingerprint density at radius 1 is 0.333 bits per heavy atom. The van der Waals surface area contributed by atoms with Crippen LogP contribution in [-0.2, 0) is 0 Å². The third kappa shape index (κ3) is 0.451. The van der Waals surface area contributed by atoms with Gasteiger partial charge in [-0.3, -0.25) is 0 Å². The van der Waals surface area contributed by atoms with Crippen LogP contribution < -0.4 is 0 Å². The van der Waals surface area contributed by atoms with Crippen LogP contribution in [0.4, 0.5) is 17.6 Å². The van der Waals surface area contributed by atoms with Crippen molar-refractivity contribution in [3.8, 4) is 0 Å². The van der Waals surface area contributed by atoms with E-state index in [-0.39, 0.29) is 82.9 Å². The Morgan fingerprint density at radius 3 is 1.25 bits per heavy atom. The first-order valence-corrected chi connectivity index (χ1v) is 10.2. The van der Waals surface area contributed by atoms with Gasteiger partial charge >= 0.3 is 0 Å². The zero-order chi connectivity index (χ0) is 15.2. The molecule has 12 fully saturated rings. The molecule has 0 aliphatic heterocycles. The first-order chi connectivity index (χ1) is 11.5. The molecule has 124 valence electrons. The molecule has 0 nitrogen and oxygen atoms in total. The highest BCUT2D eigenvalue weighted by Gasteiger charge is 3.11. The minimum Gasteiger partial charge on any atom is -0.243 e. The Kier molecular flexibility index (Phi) is 0.935. The summed E-state index contributed by atoms with van der Waals surface area (Å²) >= 11 is 0. The molecule has 4 heteroatoms. The molecule has 0 amide bonds. The molecule has 0 aromatic rings. The van der Waals surface area contributed by atoms with Gasteiger partial charge < -0.3 is 0 Å². The van der Waals surface area contributed by atoms with E-state index in [1.807, 2.05) is 0 Å². The maximum absolute atomic E-state index is 16.7. The summed E-state index contributed by atoms with van der Waals surface area (Å²) in [5.74, 6) is -2.67. The van der Waals surface area contributed by atoms with Gasteiger partial charge in [-0.05, 0) is 35.5 Å². The van der Waals surface area contributed by atoms with E-state index >= 15 is 17.6 Å². The monoisotopic (exact) mass is 332 g/mol. The van der Waals surface area contributed by atoms with E-state index in [1.54, 1.807) is 0 Å². The summed E-state index contributed by atoms with van der Waals surface area (Å²) in [5.41, 5.74) is -5.84. The second-order valence-electron chi connectivity index (χ2n) is 11.9. The van der Waals surface area contributed by atoms with Crippen molar-refractivity contribution in [3.05, 3.63) is 0 Å². The van der Waals surface area contributed by atoms with Gasteiger partial charge in [0.2, 0.25) is 0 Å². The molecule has 0 saturated heterocycles. The predicted molar refractivity (Wildman–Crippen MR) is 71.2 cm³/mol. The molecule has 0 aromatic carbocycles. The highest BCUT2D eigenvalue weighted by molar-refractivity contribution is 5.57. The van der Waals surface area contributed by atoms with Crippen LogP contribution in [0.2, 0.25) is 0 Å². The molecule has 0 aromatic heterocycles. The van der Waals surface area contributed by atoms with Crippen molar-refractivity contribution in [1.29, 1.82) is 0 Å². The lowest BCUT2D eigenvalue weighted by Crippen LogP contribution is -2.45. The molecular formula is C20H16F4. The molecule has 24 heavy (non-hydrogen) atoms. The van der Waals surface area contributed by atoms with Gasteiger partial charge in [0.1, 0.15) is 22.7 Å². The fraction of sp³-hybridized carbons (Fsp3) is 1.00. The Hall–Kier alpha value is -0.280. The average Bonchev–Trinajstić information content (AvgIpc) is 3.25. The van der Waals surface area contributed by atoms with Crippen molar-refractivity contribution in [3.63, 3.8) is 0 Å². The second kappa shape index (κ2) is 2.08. The molecule has 16 unspecified atom stereocenters. The summed E-state index contributed by atoms with van der Waals surface area (Å²) in [6, 6.07) is 0. The summed E-state index contributed by atoms with van der Waals surface area (Å²) in [7, 11) is 0. The summed E-state index contributed by atoms with van der Waals surface area (Å²) in [4.78, 5) is 0. The Balaban J connectivity index is 1.48. The van der Waals surface area contributed by atoms with Crippen molar-refractivity contribution < 1.29 is 17.6 Å². The minimum atomic E-state index is -1.61. The van der Waals surface area contributed by atoms with Gasteiger partial charge in [-0.15, -0.1) is 0 Å². The first kappa shape index (κ1) is 10.8. The Labute approximate surface area is 135 Å². The van der Waals surface area contributed by atoms with E-state index in [0.717, 1.165) is 0 Å². The van der Waals surface area contributed by atoms with Crippen molar-refractivity contribution in [2.24, 2.45) is 94.7 Å². The summed E-state index contributed by atoms with van der Waals surface area (Å²) < 4.78 is 66.8. The molecular weight excluding hydrogens is 316 g/mol. The van der Waals surface area contributed by atoms with Crippen LogP contribution >= 0.6 is 0 Å². The van der Waals surface area contributed by atoms with Gasteiger partial charge in [-0.1, -0.05) is 0 Å². The topological polar surface area (TPSA) is 0 Å². The highest BCUT2D eigenvalue weighted by Crippen LogP contribution is 3.06. The number of halogens is 4. The van der Waals surface area contributed by atoms with Crippen molar-refractivity contribution >= 4 is 0 Å². The smallest absolute Gasteiger partial charge is 0.127 e. The maximum atomic E-state index is 16.7. The van der Waals surface area contributed by atoms with E-state index in [2.05, 4.69) is 0 Å². The largest absolute Gasteiger partial charge is 0.243 e. The Bertz CT molecular complexity index is 838. The van der Waals surface area contributed by atoms with Crippen LogP contribution in [-0.4, -0.2) is 22.7 Å². The molecule has 0 spiro atoms. The maximum Gasteiger partial charge on any atom is 0.127 e. The van der Waals surface area contributed by atoms with Crippen LogP contribution in [0, 0.1) is 94.7 Å². The van der Waals surface area contributed by atoms with Gasteiger partial charge in [0.25, 0.3) is 0 Å². The van der Waals surface area contributed by atoms with Crippen LogP contribution in [0.1, 0.15) is 0 Å². The second-order valence-corrected chi connectivity index (χ2v) is 11.9. The number of rotatable bonds is 0. The fourth-order valence-electron chi connectivity index (χ4n) is 15.1. The number of hydrogen-bond acceptors (Lipinski definition) is 0. The molecule has 0 radical (unpaired) electrons. The quantitative estimate of drug-likeness (QED) is 0.599. The van der Waals surface area contributed by atoms with Gasteiger partial charge in [-0.25, -0.2) is 17.6 Å². The molecule has 12 aliphatic rings. The lowest BCUT2D eigenvalue weighted by molar-refractivity contribution is -0.0329. The van der Waals surface area contributed by atoms with Crippen molar-refractivity contribution in [1.82, 2.24) is 0 Å². The molecule has 0 bridgehead atoms. The van der Waals surface area contributed by atoms with Crippen LogP contribution in [0.25, 0.3) is 0 Å². The predicted octanol–water partition coefficient (Wildman–Crippen LogP) is 2.83. The average molecular weight is 332 g/mol. The highest BCUT2D eigenvalue weighted by atomic mass is 19.2. The van der Waals surface area contributed by atoms with Crippen molar-refractivity contribution in [2.45, 2.75) is 22.7 Å². The lowest BCUT2D eigenvalue weighted by Gasteiger charge is -2.36. The number of alkyl halides is 4. The number of hydrogen-bond donors (Lipinski definition) is 0. The van der Waals surface area contributed by atoms with Crippen LogP contribution in [0.5, 0.6) is 0 Å². The molecule has 12 rings (SSSR count). The van der Waals surface area contributed by atoms with E-state index in [9.17, 15) is 0 Å². The molecule has 0 heterocycles. The van der Waals surface area contributed by atoms with Gasteiger partial charge in [-0.2, -0.15) is 0 Å². The van der Waals surface area contributed by atoms with Gasteiger partial charge in [0.05, 0.1) is 0 Å². The molecule has 0 N–H and O–H groups in total. The van der Waals surface area contributed by atoms with E-state index in [4.69, 9.17) is 0 Å². The molecule has 12 saturated carbocycles. The van der Waals surface area contributed by atoms with Gasteiger partial charge in [0, 0.05) is 59.2 Å². The standard InChI is InChI=1S/C20H16F4/c21-17-7-3-1-2-4(7)11-13(17)6-5-12(17)10(3)18(22)8(1)14-9(2)19(11,23)16(6)20(14,24)15(5)18/h1-16H. The van der Waals surface area contributed by atoms with E-state index in [0.29, 0.717) is 0 Å². The Morgan fingerprint density at radius 2 is 0.750 bits per heavy atom. The summed E-state index contributed by atoms with van der Waals surface area (Å²) in [6.45, 7) is 0. The zero-order valence-corrected chi connectivity index (χ0v) is 12.7. The fourth-order valence-corrected chi connectivity index (χ4v) is 15.1. The third-order valence-electron chi connectivity index (χ3n) is 13.4. The first-order valence-electron chi connectivity index (χ1n) is 10.2. The summed E-state index contributed by atoms with van der Waals surface area (Å²) in [6.07, 6.45) is 0. The van der Waals surface area contributed by atoms with Crippen molar-refractivity contribution in [2.75, 3.05) is 0 Å². The zero-order valence-electron chi connectivity index (χ0n) is 12.7. The van der Waals surface area contributed by atoms with Crippen LogP contribution in [0.15, 0.2) is 0 Å². The van der Waals surface area contributed by atoms with E-state index < -0.39 is 34.5 Å². The molecule has 16 atom stereocenters. The minimum absolute atomic E-state index is 0.0432.